The molecule has 0 bridgehead atoms. The quantitative estimate of drug-likeness (QED) is 0.726. The molecule has 9 heteroatoms. The first-order valence-electron chi connectivity index (χ1n) is 7.60. The molecule has 0 atom stereocenters. The molecule has 0 amide bonds. The van der Waals surface area contributed by atoms with E-state index in [4.69, 9.17) is 4.74 Å². The van der Waals surface area contributed by atoms with Crippen LogP contribution in [-0.2, 0) is 10.0 Å². The fraction of sp³-hybridized carbons (Fsp3) is 0.294. The van der Waals surface area contributed by atoms with Crippen LogP contribution < -0.4 is 9.47 Å². The third-order valence-corrected chi connectivity index (χ3v) is 5.32. The molecule has 0 saturated carbocycles. The van der Waals surface area contributed by atoms with Crippen molar-refractivity contribution in [3.8, 4) is 11.5 Å². The van der Waals surface area contributed by atoms with Gasteiger partial charge in [-0.1, -0.05) is 24.3 Å². The van der Waals surface area contributed by atoms with E-state index in [1.807, 2.05) is 13.0 Å². The van der Waals surface area contributed by atoms with Crippen molar-refractivity contribution in [2.75, 3.05) is 20.2 Å². The number of aryl methyl sites for hydroxylation is 1. The maximum absolute atomic E-state index is 12.6. The van der Waals surface area contributed by atoms with Crippen molar-refractivity contribution in [3.63, 3.8) is 0 Å². The summed E-state index contributed by atoms with van der Waals surface area (Å²) >= 11 is 0. The van der Waals surface area contributed by atoms with Crippen LogP contribution in [-0.4, -0.2) is 39.3 Å². The number of para-hydroxylation sites is 1. The van der Waals surface area contributed by atoms with Crippen LogP contribution in [0.2, 0.25) is 0 Å². The summed E-state index contributed by atoms with van der Waals surface area (Å²) in [6.45, 7) is 1.89. The second-order valence-corrected chi connectivity index (χ2v) is 7.50. The predicted octanol–water partition coefficient (Wildman–Crippen LogP) is 3.59. The molecule has 2 rings (SSSR count). The van der Waals surface area contributed by atoms with E-state index in [9.17, 15) is 21.6 Å². The Morgan fingerprint density at radius 3 is 2.42 bits per heavy atom. The van der Waals surface area contributed by atoms with Gasteiger partial charge in [0, 0.05) is 13.6 Å². The van der Waals surface area contributed by atoms with Crippen molar-refractivity contribution >= 4 is 10.0 Å². The average Bonchev–Trinajstić information content (AvgIpc) is 2.53. The molecule has 0 aliphatic carbocycles. The number of nitrogens with zero attached hydrogens (tertiary/aromatic N) is 1. The lowest BCUT2D eigenvalue weighted by Gasteiger charge is -2.20. The Morgan fingerprint density at radius 1 is 1.08 bits per heavy atom. The standard InChI is InChI=1S/C17H18F3NO4S/c1-13-6-5-7-14(12-13)24-11-10-21(2)26(22,23)16-9-4-3-8-15(16)25-17(18,19)20/h3-9,12H,10-11H2,1-2H3. The number of halogens is 3. The number of ether oxygens (including phenoxy) is 2. The summed E-state index contributed by atoms with van der Waals surface area (Å²) in [5.41, 5.74) is 0.988. The molecule has 2 aromatic carbocycles. The summed E-state index contributed by atoms with van der Waals surface area (Å²) in [5, 5.41) is 0. The smallest absolute Gasteiger partial charge is 0.492 e. The number of hydrogen-bond acceptors (Lipinski definition) is 4. The van der Waals surface area contributed by atoms with Crippen LogP contribution in [0, 0.1) is 6.92 Å². The maximum atomic E-state index is 12.6. The van der Waals surface area contributed by atoms with E-state index < -0.39 is 27.0 Å². The van der Waals surface area contributed by atoms with Crippen LogP contribution in [0.1, 0.15) is 5.56 Å². The van der Waals surface area contributed by atoms with Crippen LogP contribution >= 0.6 is 0 Å². The molecule has 0 unspecified atom stereocenters. The van der Waals surface area contributed by atoms with E-state index >= 15 is 0 Å². The lowest BCUT2D eigenvalue weighted by molar-refractivity contribution is -0.275. The largest absolute Gasteiger partial charge is 0.573 e. The monoisotopic (exact) mass is 389 g/mol. The van der Waals surface area contributed by atoms with Gasteiger partial charge < -0.3 is 9.47 Å². The second kappa shape index (κ2) is 7.96. The minimum Gasteiger partial charge on any atom is -0.492 e. The van der Waals surface area contributed by atoms with E-state index in [1.54, 1.807) is 18.2 Å². The van der Waals surface area contributed by atoms with Gasteiger partial charge in [0.25, 0.3) is 0 Å². The van der Waals surface area contributed by atoms with Gasteiger partial charge in [0.2, 0.25) is 10.0 Å². The highest BCUT2D eigenvalue weighted by Gasteiger charge is 2.34. The van der Waals surface area contributed by atoms with Gasteiger partial charge in [-0.25, -0.2) is 8.42 Å². The van der Waals surface area contributed by atoms with Crippen LogP contribution in [0.5, 0.6) is 11.5 Å². The Labute approximate surface area is 150 Å². The number of hydrogen-bond donors (Lipinski definition) is 0. The SMILES string of the molecule is Cc1cccc(OCCN(C)S(=O)(=O)c2ccccc2OC(F)(F)F)c1. The van der Waals surface area contributed by atoms with Crippen molar-refractivity contribution in [1.29, 1.82) is 0 Å². The molecule has 2 aromatic rings. The molecule has 0 fully saturated rings. The van der Waals surface area contributed by atoms with Crippen LogP contribution in [0.15, 0.2) is 53.4 Å². The molecule has 0 heterocycles. The summed E-state index contributed by atoms with van der Waals surface area (Å²) < 4.78 is 72.8. The van der Waals surface area contributed by atoms with E-state index in [0.717, 1.165) is 22.0 Å². The molecule has 0 aromatic heterocycles. The summed E-state index contributed by atoms with van der Waals surface area (Å²) in [6, 6.07) is 11.8. The van der Waals surface area contributed by atoms with E-state index in [1.165, 1.54) is 19.2 Å². The highest BCUT2D eigenvalue weighted by molar-refractivity contribution is 7.89. The summed E-state index contributed by atoms with van der Waals surface area (Å²) in [4.78, 5) is -0.560. The first kappa shape index (κ1) is 20.1. The van der Waals surface area contributed by atoms with Crippen LogP contribution in [0.25, 0.3) is 0 Å². The average molecular weight is 389 g/mol. The molecular formula is C17H18F3NO4S. The first-order valence-corrected chi connectivity index (χ1v) is 9.04. The van der Waals surface area contributed by atoms with Crippen LogP contribution in [0.3, 0.4) is 0 Å². The molecule has 0 N–H and O–H groups in total. The van der Waals surface area contributed by atoms with E-state index in [-0.39, 0.29) is 13.2 Å². The van der Waals surface area contributed by atoms with Gasteiger partial charge in [-0.05, 0) is 36.8 Å². The molecule has 0 aliphatic rings. The third kappa shape index (κ3) is 5.37. The number of likely N-dealkylation sites (N-methyl/N-ethyl adjacent to an activating group) is 1. The number of rotatable bonds is 7. The molecule has 0 radical (unpaired) electrons. The van der Waals surface area contributed by atoms with Crippen molar-refractivity contribution in [3.05, 3.63) is 54.1 Å². The zero-order valence-electron chi connectivity index (χ0n) is 14.2. The lowest BCUT2D eigenvalue weighted by atomic mass is 10.2. The predicted molar refractivity (Wildman–Crippen MR) is 89.6 cm³/mol. The van der Waals surface area contributed by atoms with Gasteiger partial charge in [0.1, 0.15) is 23.0 Å². The number of alkyl halides is 3. The zero-order chi connectivity index (χ0) is 19.4. The lowest BCUT2D eigenvalue weighted by Crippen LogP contribution is -2.31. The van der Waals surface area contributed by atoms with Crippen LogP contribution in [0.4, 0.5) is 13.2 Å². The van der Waals surface area contributed by atoms with Gasteiger partial charge >= 0.3 is 6.36 Å². The van der Waals surface area contributed by atoms with Gasteiger partial charge in [-0.15, -0.1) is 13.2 Å². The zero-order valence-corrected chi connectivity index (χ0v) is 15.0. The Kier molecular flexibility index (Phi) is 6.14. The number of benzene rings is 2. The fourth-order valence-corrected chi connectivity index (χ4v) is 3.42. The fourth-order valence-electron chi connectivity index (χ4n) is 2.16. The molecule has 0 spiro atoms. The highest BCUT2D eigenvalue weighted by atomic mass is 32.2. The van der Waals surface area contributed by atoms with Crippen molar-refractivity contribution in [2.24, 2.45) is 0 Å². The Balaban J connectivity index is 2.09. The Bertz CT molecular complexity index is 853. The minimum atomic E-state index is -4.99. The molecule has 0 saturated heterocycles. The molecule has 5 nitrogen and oxygen atoms in total. The van der Waals surface area contributed by atoms with Gasteiger partial charge in [-0.3, -0.25) is 0 Å². The third-order valence-electron chi connectivity index (χ3n) is 3.43. The van der Waals surface area contributed by atoms with Gasteiger partial charge in [-0.2, -0.15) is 4.31 Å². The molecular weight excluding hydrogens is 371 g/mol. The Morgan fingerprint density at radius 2 is 1.77 bits per heavy atom. The summed E-state index contributed by atoms with van der Waals surface area (Å²) in [7, 11) is -2.91. The second-order valence-electron chi connectivity index (χ2n) is 5.49. The summed E-state index contributed by atoms with van der Waals surface area (Å²) in [5.74, 6) is -0.192. The highest BCUT2D eigenvalue weighted by Crippen LogP contribution is 2.30. The first-order chi connectivity index (χ1) is 12.1. The van der Waals surface area contributed by atoms with E-state index in [2.05, 4.69) is 4.74 Å². The topological polar surface area (TPSA) is 55.8 Å². The minimum absolute atomic E-state index is 0.0431. The Hall–Kier alpha value is -2.26. The molecule has 142 valence electrons. The van der Waals surface area contributed by atoms with Gasteiger partial charge in [0.15, 0.2) is 0 Å². The maximum Gasteiger partial charge on any atom is 0.573 e. The molecule has 0 aliphatic heterocycles. The van der Waals surface area contributed by atoms with Gasteiger partial charge in [0.05, 0.1) is 0 Å². The summed E-state index contributed by atoms with van der Waals surface area (Å²) in [6.07, 6.45) is -4.99. The van der Waals surface area contributed by atoms with E-state index in [0.29, 0.717) is 5.75 Å². The van der Waals surface area contributed by atoms with Crippen molar-refractivity contribution in [2.45, 2.75) is 18.2 Å². The normalized spacial score (nSPS) is 12.2. The molecule has 26 heavy (non-hydrogen) atoms. The van der Waals surface area contributed by atoms with Crippen molar-refractivity contribution in [1.82, 2.24) is 4.31 Å². The van der Waals surface area contributed by atoms with Crippen molar-refractivity contribution < 1.29 is 31.1 Å². The number of sulfonamides is 1.